The quantitative estimate of drug-likeness (QED) is 0.0347. The number of nitrogens with zero attached hydrogens (tertiary/aromatic N) is 1. The van der Waals surface area contributed by atoms with E-state index < -0.39 is 6.04 Å². The molecule has 0 aromatic carbocycles. The minimum atomic E-state index is -0.451. The summed E-state index contributed by atoms with van der Waals surface area (Å²) in [7, 11) is 3.86. The summed E-state index contributed by atoms with van der Waals surface area (Å²) < 4.78 is 12.4. The maximum atomic E-state index is 13.7. The smallest absolute Gasteiger partial charge is 0.323 e. The van der Waals surface area contributed by atoms with Crippen LogP contribution in [0.2, 0.25) is 0 Å². The molecule has 0 saturated carbocycles. The molecule has 0 amide bonds. The Hall–Kier alpha value is -1.62. The molecule has 0 aliphatic heterocycles. The van der Waals surface area contributed by atoms with Gasteiger partial charge in [0, 0.05) is 6.42 Å². The molecule has 60 heavy (non-hydrogen) atoms. The lowest BCUT2D eigenvalue weighted by molar-refractivity contribution is -0.156. The first kappa shape index (κ1) is 58.4. The molecule has 0 aromatic heterocycles. The number of carbonyl (C=O) groups is 2. The molecule has 0 spiro atoms. The number of hydrogen-bond donors (Lipinski definition) is 0. The molecule has 0 bridgehead atoms. The third-order valence-electron chi connectivity index (χ3n) is 12.5. The zero-order valence-electron chi connectivity index (χ0n) is 41.4. The van der Waals surface area contributed by atoms with Crippen LogP contribution in [0.1, 0.15) is 285 Å². The molecule has 2 unspecified atom stereocenters. The largest absolute Gasteiger partial charge is 0.462 e. The molecule has 0 aliphatic carbocycles. The molecule has 0 aliphatic rings. The lowest BCUT2D eigenvalue weighted by Gasteiger charge is -2.26. The van der Waals surface area contributed by atoms with Crippen LogP contribution >= 0.6 is 0 Å². The number of esters is 2. The van der Waals surface area contributed by atoms with E-state index in [1.54, 1.807) is 0 Å². The lowest BCUT2D eigenvalue weighted by atomic mass is 10.0. The second-order valence-electron chi connectivity index (χ2n) is 18.6. The number of allylic oxidation sites excluding steroid dienone is 4. The maximum absolute atomic E-state index is 13.7. The van der Waals surface area contributed by atoms with Crippen LogP contribution < -0.4 is 0 Å². The normalized spacial score (nSPS) is 13.4. The van der Waals surface area contributed by atoms with Gasteiger partial charge in [0.25, 0.3) is 0 Å². The van der Waals surface area contributed by atoms with Crippen molar-refractivity contribution in [1.82, 2.24) is 4.90 Å². The van der Waals surface area contributed by atoms with E-state index in [0.717, 1.165) is 64.2 Å². The highest BCUT2D eigenvalue weighted by atomic mass is 16.5. The van der Waals surface area contributed by atoms with E-state index in [1.165, 1.54) is 180 Å². The summed E-state index contributed by atoms with van der Waals surface area (Å²) >= 11 is 0. The Balaban J connectivity index is 5.03. The summed E-state index contributed by atoms with van der Waals surface area (Å²) in [5, 5.41) is 0. The van der Waals surface area contributed by atoms with E-state index in [0.29, 0.717) is 6.42 Å². The summed E-state index contributed by atoms with van der Waals surface area (Å²) in [6.07, 6.45) is 56.8. The standard InChI is InChI=1S/C55H105NO4/c1-7-11-15-19-23-25-27-29-31-35-39-42-46-51(45-41-37-33-21-17-13-9-3)59-54(57)50-49-53(56(5)6)55(58)60-52(47-43-38-34-22-18-14-10-4)48-44-40-36-32-30-28-26-24-20-16-12-8-2/h33-34,37-38,51-53H,7-32,35-36,39-50H2,1-6H3/b37-33-,38-34-/t51?,52?,53-/m0/s1. The number of ether oxygens (including phenoxy) is 2. The van der Waals surface area contributed by atoms with Gasteiger partial charge >= 0.3 is 11.9 Å². The van der Waals surface area contributed by atoms with Crippen LogP contribution in [-0.4, -0.2) is 49.2 Å². The third kappa shape index (κ3) is 40.5. The maximum Gasteiger partial charge on any atom is 0.323 e. The molecule has 354 valence electrons. The van der Waals surface area contributed by atoms with Gasteiger partial charge in [0.05, 0.1) is 0 Å². The van der Waals surface area contributed by atoms with E-state index in [9.17, 15) is 9.59 Å². The minimum absolute atomic E-state index is 0.0550. The minimum Gasteiger partial charge on any atom is -0.462 e. The fourth-order valence-electron chi connectivity index (χ4n) is 8.34. The van der Waals surface area contributed by atoms with E-state index in [-0.39, 0.29) is 30.6 Å². The van der Waals surface area contributed by atoms with Gasteiger partial charge in [0.1, 0.15) is 18.2 Å². The molecule has 0 heterocycles. The lowest BCUT2D eigenvalue weighted by Crippen LogP contribution is -2.39. The summed E-state index contributed by atoms with van der Waals surface area (Å²) in [6, 6.07) is -0.451. The van der Waals surface area contributed by atoms with E-state index >= 15 is 0 Å². The molecular weight excluding hydrogens is 739 g/mol. The van der Waals surface area contributed by atoms with Crippen LogP contribution in [0.4, 0.5) is 0 Å². The molecule has 3 atom stereocenters. The van der Waals surface area contributed by atoms with Crippen molar-refractivity contribution in [3.05, 3.63) is 24.3 Å². The first-order valence-electron chi connectivity index (χ1n) is 26.8. The average Bonchev–Trinajstić information content (AvgIpc) is 3.23. The predicted molar refractivity (Wildman–Crippen MR) is 263 cm³/mol. The van der Waals surface area contributed by atoms with Crippen molar-refractivity contribution >= 4 is 11.9 Å². The molecule has 5 heteroatoms. The van der Waals surface area contributed by atoms with Gasteiger partial charge in [0.2, 0.25) is 0 Å². The highest BCUT2D eigenvalue weighted by Crippen LogP contribution is 2.21. The van der Waals surface area contributed by atoms with Crippen molar-refractivity contribution in [2.75, 3.05) is 14.1 Å². The molecule has 0 rings (SSSR count). The first-order valence-corrected chi connectivity index (χ1v) is 26.8. The van der Waals surface area contributed by atoms with Crippen molar-refractivity contribution in [2.24, 2.45) is 0 Å². The summed E-state index contributed by atoms with van der Waals surface area (Å²) in [5.41, 5.74) is 0. The van der Waals surface area contributed by atoms with E-state index in [1.807, 2.05) is 19.0 Å². The van der Waals surface area contributed by atoms with Crippen LogP contribution in [-0.2, 0) is 19.1 Å². The van der Waals surface area contributed by atoms with Crippen molar-refractivity contribution in [1.29, 1.82) is 0 Å². The summed E-state index contributed by atoms with van der Waals surface area (Å²) in [4.78, 5) is 29.0. The van der Waals surface area contributed by atoms with Crippen LogP contribution in [0.3, 0.4) is 0 Å². The zero-order valence-corrected chi connectivity index (χ0v) is 41.4. The van der Waals surface area contributed by atoms with Crippen molar-refractivity contribution in [3.8, 4) is 0 Å². The summed E-state index contributed by atoms with van der Waals surface area (Å²) in [5.74, 6) is -0.364. The number of likely N-dealkylation sites (N-methyl/N-ethyl adjacent to an activating group) is 1. The van der Waals surface area contributed by atoms with E-state index in [2.05, 4.69) is 52.0 Å². The van der Waals surface area contributed by atoms with E-state index in [4.69, 9.17) is 9.47 Å². The van der Waals surface area contributed by atoms with Gasteiger partial charge in [-0.1, -0.05) is 219 Å². The van der Waals surface area contributed by atoms with Gasteiger partial charge in [-0.3, -0.25) is 14.5 Å². The van der Waals surface area contributed by atoms with Gasteiger partial charge in [-0.05, 0) is 97.6 Å². The molecule has 0 N–H and O–H groups in total. The Bertz CT molecular complexity index is 960. The van der Waals surface area contributed by atoms with Gasteiger partial charge in [0.15, 0.2) is 0 Å². The molecule has 0 fully saturated rings. The molecule has 0 radical (unpaired) electrons. The number of hydrogen-bond acceptors (Lipinski definition) is 5. The molecule has 0 saturated heterocycles. The monoisotopic (exact) mass is 844 g/mol. The van der Waals surface area contributed by atoms with Gasteiger partial charge in [-0.2, -0.15) is 0 Å². The molecular formula is C55H105NO4. The molecule has 0 aromatic rings. The highest BCUT2D eigenvalue weighted by Gasteiger charge is 2.27. The Kier molecular flexibility index (Phi) is 45.6. The van der Waals surface area contributed by atoms with Gasteiger partial charge < -0.3 is 9.47 Å². The fraction of sp³-hybridized carbons (Fsp3) is 0.891. The van der Waals surface area contributed by atoms with Crippen molar-refractivity contribution < 1.29 is 19.1 Å². The SMILES string of the molecule is CCCCC/C=C\CCC(CCCCCCCCCCCCCC)OC(=O)CC[C@@H](C(=O)OC(CC/C=C\CCCCC)CCCCCCCCCCCCCC)N(C)C. The Morgan fingerprint density at radius 2 is 0.700 bits per heavy atom. The average molecular weight is 844 g/mol. The second kappa shape index (κ2) is 46.9. The Morgan fingerprint density at radius 1 is 0.383 bits per heavy atom. The Labute approximate surface area is 375 Å². The highest BCUT2D eigenvalue weighted by molar-refractivity contribution is 5.77. The predicted octanol–water partition coefficient (Wildman–Crippen LogP) is 17.5. The van der Waals surface area contributed by atoms with Crippen LogP contribution in [0.25, 0.3) is 0 Å². The van der Waals surface area contributed by atoms with Crippen LogP contribution in [0.15, 0.2) is 24.3 Å². The number of carbonyl (C=O) groups excluding carboxylic acids is 2. The van der Waals surface area contributed by atoms with Gasteiger partial charge in [-0.25, -0.2) is 0 Å². The number of unbranched alkanes of at least 4 members (excludes halogenated alkanes) is 28. The molecule has 5 nitrogen and oxygen atoms in total. The fourth-order valence-corrected chi connectivity index (χ4v) is 8.34. The van der Waals surface area contributed by atoms with Crippen molar-refractivity contribution in [3.63, 3.8) is 0 Å². The van der Waals surface area contributed by atoms with Crippen molar-refractivity contribution in [2.45, 2.75) is 303 Å². The van der Waals surface area contributed by atoms with Gasteiger partial charge in [-0.15, -0.1) is 0 Å². The second-order valence-corrected chi connectivity index (χ2v) is 18.6. The summed E-state index contributed by atoms with van der Waals surface area (Å²) in [6.45, 7) is 9.06. The topological polar surface area (TPSA) is 55.8 Å². The Morgan fingerprint density at radius 3 is 1.07 bits per heavy atom. The van der Waals surface area contributed by atoms with Crippen LogP contribution in [0.5, 0.6) is 0 Å². The number of rotatable bonds is 47. The van der Waals surface area contributed by atoms with Crippen LogP contribution in [0, 0.1) is 0 Å². The third-order valence-corrected chi connectivity index (χ3v) is 12.5. The zero-order chi connectivity index (χ0) is 44.0. The first-order chi connectivity index (χ1) is 29.4.